The first-order valence-corrected chi connectivity index (χ1v) is 7.11. The maximum Gasteiger partial charge on any atom is 0.145 e. The largest absolute Gasteiger partial charge is 0.372 e. The Kier molecular flexibility index (Phi) is 2.71. The molecule has 1 saturated heterocycles. The predicted octanol–water partition coefficient (Wildman–Crippen LogP) is 3.36. The molecule has 2 bridgehead atoms. The van der Waals surface area contributed by atoms with E-state index in [1.165, 1.54) is 5.56 Å². The van der Waals surface area contributed by atoms with Gasteiger partial charge in [0.25, 0.3) is 0 Å². The van der Waals surface area contributed by atoms with Gasteiger partial charge in [-0.15, -0.1) is 0 Å². The summed E-state index contributed by atoms with van der Waals surface area (Å²) in [6.45, 7) is 0.550. The molecule has 0 unspecified atom stereocenters. The van der Waals surface area contributed by atoms with Gasteiger partial charge in [0.2, 0.25) is 0 Å². The van der Waals surface area contributed by atoms with Crippen LogP contribution in [0.15, 0.2) is 60.7 Å². The summed E-state index contributed by atoms with van der Waals surface area (Å²) >= 11 is 0. The van der Waals surface area contributed by atoms with E-state index in [4.69, 9.17) is 4.74 Å². The molecule has 100 valence electrons. The molecular formula is C18H16O2. The number of Topliss-reactive ketones (excluding diaryl/α,β-unsaturated/α-hetero) is 1. The molecule has 2 aromatic rings. The molecule has 0 radical (unpaired) electrons. The van der Waals surface area contributed by atoms with Gasteiger partial charge in [-0.25, -0.2) is 0 Å². The number of hydrogen-bond acceptors (Lipinski definition) is 2. The van der Waals surface area contributed by atoms with Crippen molar-refractivity contribution in [2.45, 2.75) is 12.0 Å². The lowest BCUT2D eigenvalue weighted by Crippen LogP contribution is -2.55. The molecule has 1 heterocycles. The molecular weight excluding hydrogens is 248 g/mol. The Balaban J connectivity index is 1.70. The summed E-state index contributed by atoms with van der Waals surface area (Å²) in [5.41, 5.74) is 2.39. The number of ether oxygens (including phenoxy) is 1. The molecule has 1 saturated carbocycles. The van der Waals surface area contributed by atoms with Crippen molar-refractivity contribution in [1.29, 1.82) is 0 Å². The van der Waals surface area contributed by atoms with E-state index in [-0.39, 0.29) is 17.9 Å². The first kappa shape index (κ1) is 11.9. The van der Waals surface area contributed by atoms with Gasteiger partial charge in [0.05, 0.1) is 18.6 Å². The third kappa shape index (κ3) is 1.65. The average molecular weight is 264 g/mol. The van der Waals surface area contributed by atoms with E-state index in [0.29, 0.717) is 18.3 Å². The lowest BCUT2D eigenvalue weighted by molar-refractivity contribution is -0.174. The number of hydrogen-bond donors (Lipinski definition) is 0. The average Bonchev–Trinajstić information content (AvgIpc) is 2.55. The fourth-order valence-corrected chi connectivity index (χ4v) is 3.63. The minimum absolute atomic E-state index is 0.0152. The molecule has 2 aromatic carbocycles. The van der Waals surface area contributed by atoms with Crippen molar-refractivity contribution in [2.75, 3.05) is 6.61 Å². The van der Waals surface area contributed by atoms with Gasteiger partial charge in [-0.3, -0.25) is 4.79 Å². The molecule has 4 rings (SSSR count). The minimum atomic E-state index is -0.0843. The highest BCUT2D eigenvalue weighted by Crippen LogP contribution is 2.55. The van der Waals surface area contributed by atoms with Gasteiger partial charge in [0.1, 0.15) is 5.78 Å². The van der Waals surface area contributed by atoms with Crippen molar-refractivity contribution in [3.8, 4) is 0 Å². The summed E-state index contributed by atoms with van der Waals surface area (Å²) in [4.78, 5) is 12.3. The van der Waals surface area contributed by atoms with Crippen LogP contribution in [0.25, 0.3) is 0 Å². The number of rotatable bonds is 2. The lowest BCUT2D eigenvalue weighted by Gasteiger charge is -2.51. The SMILES string of the molecule is O=C1[C@H]2[C@@H](c3ccccc3)[C@@H]1CO[C@@H]2c1ccccc1. The quantitative estimate of drug-likeness (QED) is 0.831. The molecule has 2 fully saturated rings. The first-order valence-electron chi connectivity index (χ1n) is 7.11. The van der Waals surface area contributed by atoms with Crippen molar-refractivity contribution in [3.63, 3.8) is 0 Å². The van der Waals surface area contributed by atoms with Gasteiger partial charge in [0, 0.05) is 11.8 Å². The van der Waals surface area contributed by atoms with Gasteiger partial charge < -0.3 is 4.74 Å². The van der Waals surface area contributed by atoms with Crippen LogP contribution in [0.5, 0.6) is 0 Å². The van der Waals surface area contributed by atoms with Crippen LogP contribution in [-0.2, 0) is 9.53 Å². The van der Waals surface area contributed by atoms with Crippen LogP contribution in [0.2, 0.25) is 0 Å². The smallest absolute Gasteiger partial charge is 0.145 e. The third-order valence-electron chi connectivity index (χ3n) is 4.61. The van der Waals surface area contributed by atoms with E-state index in [0.717, 1.165) is 5.56 Å². The molecule has 0 N–H and O–H groups in total. The van der Waals surface area contributed by atoms with Crippen LogP contribution in [-0.4, -0.2) is 12.4 Å². The molecule has 0 amide bonds. The highest BCUT2D eigenvalue weighted by atomic mass is 16.5. The Morgan fingerprint density at radius 2 is 1.40 bits per heavy atom. The predicted molar refractivity (Wildman–Crippen MR) is 76.3 cm³/mol. The van der Waals surface area contributed by atoms with Crippen molar-refractivity contribution >= 4 is 5.78 Å². The molecule has 1 aliphatic heterocycles. The van der Waals surface area contributed by atoms with Gasteiger partial charge in [0.15, 0.2) is 0 Å². The number of fused-ring (bicyclic) bond motifs is 2. The molecule has 0 aromatic heterocycles. The number of carbonyl (C=O) groups is 1. The van der Waals surface area contributed by atoms with E-state index in [2.05, 4.69) is 24.3 Å². The maximum absolute atomic E-state index is 12.3. The lowest BCUT2D eigenvalue weighted by atomic mass is 9.56. The number of carbonyl (C=O) groups excluding carboxylic acids is 1. The normalized spacial score (nSPS) is 31.7. The van der Waals surface area contributed by atoms with Crippen LogP contribution >= 0.6 is 0 Å². The molecule has 2 aliphatic rings. The van der Waals surface area contributed by atoms with Crippen LogP contribution in [0.1, 0.15) is 23.1 Å². The molecule has 2 nitrogen and oxygen atoms in total. The third-order valence-corrected chi connectivity index (χ3v) is 4.61. The standard InChI is InChI=1S/C18H16O2/c19-17-14-11-20-18(13-9-5-2-6-10-13)16(17)15(14)12-7-3-1-4-8-12/h1-10,14-16,18H,11H2/t14-,15-,16+,18+/m0/s1. The highest BCUT2D eigenvalue weighted by molar-refractivity contribution is 5.93. The second-order valence-electron chi connectivity index (χ2n) is 5.64. The van der Waals surface area contributed by atoms with Gasteiger partial charge in [-0.2, -0.15) is 0 Å². The Bertz CT molecular complexity index is 579. The van der Waals surface area contributed by atoms with Crippen LogP contribution in [0, 0.1) is 11.8 Å². The fraction of sp³-hybridized carbons (Fsp3) is 0.278. The second-order valence-corrected chi connectivity index (χ2v) is 5.64. The van der Waals surface area contributed by atoms with E-state index >= 15 is 0 Å². The van der Waals surface area contributed by atoms with Crippen molar-refractivity contribution in [3.05, 3.63) is 71.8 Å². The number of benzene rings is 2. The van der Waals surface area contributed by atoms with Crippen molar-refractivity contribution in [1.82, 2.24) is 0 Å². The highest BCUT2D eigenvalue weighted by Gasteiger charge is 2.57. The summed E-state index contributed by atoms with van der Waals surface area (Å²) < 4.78 is 5.93. The zero-order chi connectivity index (χ0) is 13.5. The molecule has 20 heavy (non-hydrogen) atoms. The summed E-state index contributed by atoms with van der Waals surface area (Å²) in [5.74, 6) is 0.738. The van der Waals surface area contributed by atoms with E-state index < -0.39 is 0 Å². The molecule has 4 atom stereocenters. The van der Waals surface area contributed by atoms with Crippen LogP contribution < -0.4 is 0 Å². The van der Waals surface area contributed by atoms with Crippen molar-refractivity contribution < 1.29 is 9.53 Å². The van der Waals surface area contributed by atoms with E-state index in [1.54, 1.807) is 0 Å². The second kappa shape index (κ2) is 4.57. The number of ketones is 1. The van der Waals surface area contributed by atoms with Gasteiger partial charge in [-0.05, 0) is 11.1 Å². The minimum Gasteiger partial charge on any atom is -0.372 e. The summed E-state index contributed by atoms with van der Waals surface area (Å²) in [6, 6.07) is 20.5. The Hall–Kier alpha value is -1.93. The van der Waals surface area contributed by atoms with Gasteiger partial charge in [-0.1, -0.05) is 60.7 Å². The van der Waals surface area contributed by atoms with Crippen molar-refractivity contribution in [2.24, 2.45) is 11.8 Å². The maximum atomic E-state index is 12.3. The zero-order valence-electron chi connectivity index (χ0n) is 11.1. The Labute approximate surface area is 118 Å². The van der Waals surface area contributed by atoms with E-state index in [1.807, 2.05) is 36.4 Å². The molecule has 0 spiro atoms. The monoisotopic (exact) mass is 264 g/mol. The Morgan fingerprint density at radius 3 is 2.00 bits per heavy atom. The molecule has 1 aliphatic carbocycles. The fourth-order valence-electron chi connectivity index (χ4n) is 3.63. The topological polar surface area (TPSA) is 26.3 Å². The Morgan fingerprint density at radius 1 is 0.800 bits per heavy atom. The van der Waals surface area contributed by atoms with E-state index in [9.17, 15) is 4.79 Å². The summed E-state index contributed by atoms with van der Waals surface area (Å²) in [7, 11) is 0. The van der Waals surface area contributed by atoms with Crippen LogP contribution in [0.4, 0.5) is 0 Å². The van der Waals surface area contributed by atoms with Gasteiger partial charge >= 0.3 is 0 Å². The molecule has 2 heteroatoms. The first-order chi connectivity index (χ1) is 9.86. The van der Waals surface area contributed by atoms with Crippen LogP contribution in [0.3, 0.4) is 0 Å². The zero-order valence-corrected chi connectivity index (χ0v) is 11.1. The summed E-state index contributed by atoms with van der Waals surface area (Å²) in [6.07, 6.45) is -0.0843. The summed E-state index contributed by atoms with van der Waals surface area (Å²) in [5, 5.41) is 0.